The van der Waals surface area contributed by atoms with Gasteiger partial charge >= 0.3 is 0 Å². The van der Waals surface area contributed by atoms with Crippen molar-refractivity contribution in [1.29, 1.82) is 0 Å². The van der Waals surface area contributed by atoms with Crippen LogP contribution < -0.4 is 5.73 Å². The maximum atomic E-state index is 14.0. The number of hydrogen-bond acceptors (Lipinski definition) is 3. The predicted molar refractivity (Wildman–Crippen MR) is 76.5 cm³/mol. The number of aryl methyl sites for hydroxylation is 1. The van der Waals surface area contributed by atoms with E-state index in [0.29, 0.717) is 5.56 Å². The second-order valence-corrected chi connectivity index (χ2v) is 5.56. The molecule has 19 heavy (non-hydrogen) atoms. The van der Waals surface area contributed by atoms with E-state index in [1.165, 1.54) is 17.8 Å². The average Bonchev–Trinajstić information content (AvgIpc) is 2.81. The van der Waals surface area contributed by atoms with Gasteiger partial charge in [0.05, 0.1) is 5.25 Å². The number of benzene rings is 1. The molecule has 2 N–H and O–H groups in total. The van der Waals surface area contributed by atoms with Gasteiger partial charge < -0.3 is 10.3 Å². The van der Waals surface area contributed by atoms with Crippen LogP contribution in [-0.4, -0.2) is 15.6 Å². The molecule has 0 aliphatic rings. The van der Waals surface area contributed by atoms with Crippen molar-refractivity contribution in [3.05, 3.63) is 48.0 Å². The highest BCUT2D eigenvalue weighted by Gasteiger charge is 2.24. The molecule has 0 aliphatic carbocycles. The van der Waals surface area contributed by atoms with Gasteiger partial charge in [-0.15, -0.1) is 0 Å². The third-order valence-corrected chi connectivity index (χ3v) is 4.54. The number of halogens is 1. The molecule has 1 aromatic heterocycles. The van der Waals surface area contributed by atoms with Crippen molar-refractivity contribution >= 4 is 11.8 Å². The Balaban J connectivity index is 2.32. The van der Waals surface area contributed by atoms with Crippen LogP contribution in [0.2, 0.25) is 0 Å². The Morgan fingerprint density at radius 1 is 1.42 bits per heavy atom. The summed E-state index contributed by atoms with van der Waals surface area (Å²) in [5, 5.41) is 0.712. The van der Waals surface area contributed by atoms with E-state index in [9.17, 15) is 4.39 Å². The number of thioether (sulfide) groups is 1. The Bertz CT molecular complexity index is 541. The molecule has 1 aromatic carbocycles. The SMILES string of the molecule is CCC(N)C(Sc1nccn1C)c1ccccc1F. The van der Waals surface area contributed by atoms with Crippen LogP contribution >= 0.6 is 11.8 Å². The number of aromatic nitrogens is 2. The molecule has 0 radical (unpaired) electrons. The summed E-state index contributed by atoms with van der Waals surface area (Å²) in [6.45, 7) is 2.01. The predicted octanol–water partition coefficient (Wildman–Crippen LogP) is 3.13. The fourth-order valence-corrected chi connectivity index (χ4v) is 3.14. The molecule has 3 nitrogen and oxygen atoms in total. The molecule has 0 saturated heterocycles. The number of nitrogens with two attached hydrogens (primary N) is 1. The first-order chi connectivity index (χ1) is 9.13. The van der Waals surface area contributed by atoms with Crippen LogP contribution in [0.4, 0.5) is 4.39 Å². The third kappa shape index (κ3) is 3.16. The molecule has 0 saturated carbocycles. The van der Waals surface area contributed by atoms with Gasteiger partial charge in [0.15, 0.2) is 5.16 Å². The Hall–Kier alpha value is -1.33. The van der Waals surface area contributed by atoms with E-state index in [4.69, 9.17) is 5.73 Å². The van der Waals surface area contributed by atoms with Crippen LogP contribution in [0.1, 0.15) is 24.2 Å². The molecule has 2 unspecified atom stereocenters. The molecule has 0 amide bonds. The summed E-state index contributed by atoms with van der Waals surface area (Å²) in [5.41, 5.74) is 6.80. The van der Waals surface area contributed by atoms with E-state index in [1.54, 1.807) is 18.3 Å². The van der Waals surface area contributed by atoms with E-state index >= 15 is 0 Å². The number of hydrogen-bond donors (Lipinski definition) is 1. The molecule has 2 rings (SSSR count). The minimum Gasteiger partial charge on any atom is -0.329 e. The van der Waals surface area contributed by atoms with Gasteiger partial charge in [-0.1, -0.05) is 36.9 Å². The van der Waals surface area contributed by atoms with Crippen LogP contribution in [0.5, 0.6) is 0 Å². The first-order valence-electron chi connectivity index (χ1n) is 6.27. The summed E-state index contributed by atoms with van der Waals surface area (Å²) in [7, 11) is 1.92. The second kappa shape index (κ2) is 6.21. The standard InChI is InChI=1S/C14H18FN3S/c1-3-12(16)13(10-6-4-5-7-11(10)15)19-14-17-8-9-18(14)2/h4-9,12-13H,3,16H2,1-2H3. The van der Waals surface area contributed by atoms with Crippen LogP contribution in [0.15, 0.2) is 41.8 Å². The van der Waals surface area contributed by atoms with E-state index in [1.807, 2.05) is 30.8 Å². The lowest BCUT2D eigenvalue weighted by molar-refractivity contribution is 0.571. The molecule has 0 fully saturated rings. The normalized spacial score (nSPS) is 14.3. The Labute approximate surface area is 117 Å². The fraction of sp³-hybridized carbons (Fsp3) is 0.357. The highest BCUT2D eigenvalue weighted by Crippen LogP contribution is 2.38. The summed E-state index contributed by atoms with van der Waals surface area (Å²) in [6.07, 6.45) is 4.40. The Kier molecular flexibility index (Phi) is 4.61. The molecular formula is C14H18FN3S. The van der Waals surface area contributed by atoms with Crippen LogP contribution in [0, 0.1) is 5.82 Å². The van der Waals surface area contributed by atoms with Gasteiger partial charge in [-0.2, -0.15) is 0 Å². The zero-order chi connectivity index (χ0) is 13.8. The van der Waals surface area contributed by atoms with Gasteiger partial charge in [-0.05, 0) is 12.5 Å². The molecule has 5 heteroatoms. The van der Waals surface area contributed by atoms with Crippen molar-refractivity contribution in [2.24, 2.45) is 12.8 Å². The lowest BCUT2D eigenvalue weighted by Gasteiger charge is -2.22. The summed E-state index contributed by atoms with van der Waals surface area (Å²) >= 11 is 1.51. The van der Waals surface area contributed by atoms with Crippen LogP contribution in [0.3, 0.4) is 0 Å². The van der Waals surface area contributed by atoms with E-state index < -0.39 is 0 Å². The maximum absolute atomic E-state index is 14.0. The van der Waals surface area contributed by atoms with Gasteiger partial charge in [0.2, 0.25) is 0 Å². The first kappa shape index (κ1) is 14.1. The third-order valence-electron chi connectivity index (χ3n) is 3.08. The number of nitrogens with zero attached hydrogens (tertiary/aromatic N) is 2. The van der Waals surface area contributed by atoms with Crippen LogP contribution in [0.25, 0.3) is 0 Å². The van der Waals surface area contributed by atoms with Crippen molar-refractivity contribution < 1.29 is 4.39 Å². The maximum Gasteiger partial charge on any atom is 0.168 e. The highest BCUT2D eigenvalue weighted by atomic mass is 32.2. The molecule has 0 bridgehead atoms. The summed E-state index contributed by atoms with van der Waals surface area (Å²) in [4.78, 5) is 4.28. The molecule has 0 aliphatic heterocycles. The second-order valence-electron chi connectivity index (χ2n) is 4.45. The van der Waals surface area contributed by atoms with Crippen molar-refractivity contribution in [2.45, 2.75) is 29.8 Å². The number of imidazole rings is 1. The van der Waals surface area contributed by atoms with E-state index in [2.05, 4.69) is 4.98 Å². The lowest BCUT2D eigenvalue weighted by Crippen LogP contribution is -2.26. The Morgan fingerprint density at radius 3 is 2.74 bits per heavy atom. The van der Waals surface area contributed by atoms with Crippen molar-refractivity contribution in [3.8, 4) is 0 Å². The fourth-order valence-electron chi connectivity index (χ4n) is 1.88. The topological polar surface area (TPSA) is 43.8 Å². The van der Waals surface area contributed by atoms with Crippen LogP contribution in [-0.2, 0) is 7.05 Å². The van der Waals surface area contributed by atoms with Crippen molar-refractivity contribution in [3.63, 3.8) is 0 Å². The van der Waals surface area contributed by atoms with Gasteiger partial charge in [-0.25, -0.2) is 9.37 Å². The summed E-state index contributed by atoms with van der Waals surface area (Å²) < 4.78 is 15.9. The van der Waals surface area contributed by atoms with Gasteiger partial charge in [-0.3, -0.25) is 0 Å². The quantitative estimate of drug-likeness (QED) is 0.855. The first-order valence-corrected chi connectivity index (χ1v) is 7.15. The monoisotopic (exact) mass is 279 g/mol. The minimum atomic E-state index is -0.210. The lowest BCUT2D eigenvalue weighted by atomic mass is 10.0. The van der Waals surface area contributed by atoms with E-state index in [0.717, 1.165) is 11.6 Å². The molecule has 0 spiro atoms. The molecule has 2 aromatic rings. The molecular weight excluding hydrogens is 261 g/mol. The zero-order valence-corrected chi connectivity index (χ0v) is 11.9. The zero-order valence-electron chi connectivity index (χ0n) is 11.1. The number of rotatable bonds is 5. The smallest absolute Gasteiger partial charge is 0.168 e. The van der Waals surface area contributed by atoms with Gasteiger partial charge in [0, 0.05) is 31.0 Å². The minimum absolute atomic E-state index is 0.112. The average molecular weight is 279 g/mol. The van der Waals surface area contributed by atoms with E-state index in [-0.39, 0.29) is 17.1 Å². The molecule has 102 valence electrons. The molecule has 2 atom stereocenters. The van der Waals surface area contributed by atoms with Gasteiger partial charge in [0.1, 0.15) is 5.82 Å². The largest absolute Gasteiger partial charge is 0.329 e. The summed E-state index contributed by atoms with van der Waals surface area (Å²) in [6, 6.07) is 6.69. The van der Waals surface area contributed by atoms with Crippen molar-refractivity contribution in [1.82, 2.24) is 9.55 Å². The van der Waals surface area contributed by atoms with Crippen molar-refractivity contribution in [2.75, 3.05) is 0 Å². The molecule has 1 heterocycles. The van der Waals surface area contributed by atoms with Gasteiger partial charge in [0.25, 0.3) is 0 Å². The summed E-state index contributed by atoms with van der Waals surface area (Å²) in [5.74, 6) is -0.210. The Morgan fingerprint density at radius 2 is 2.16 bits per heavy atom. The highest BCUT2D eigenvalue weighted by molar-refractivity contribution is 7.99.